The van der Waals surface area contributed by atoms with E-state index in [9.17, 15) is 28.4 Å². The normalized spacial score (nSPS) is 15.3. The molecule has 1 aromatic carbocycles. The predicted octanol–water partition coefficient (Wildman–Crippen LogP) is 4.78. The molecule has 3 heterocycles. The number of fused-ring (bicyclic) bond motifs is 1. The molecule has 0 fully saturated rings. The van der Waals surface area contributed by atoms with Gasteiger partial charge in [-0.15, -0.1) is 0 Å². The molecular weight excluding hydrogens is 650 g/mol. The molecule has 0 saturated carbocycles. The Balaban J connectivity index is 1.32. The number of thiophene rings is 1. The number of rotatable bonds is 18. The Morgan fingerprint density at radius 3 is 2.74 bits per heavy atom. The van der Waals surface area contributed by atoms with Gasteiger partial charge in [-0.3, -0.25) is 18.9 Å². The summed E-state index contributed by atoms with van der Waals surface area (Å²) in [5.74, 6) is -1.63. The van der Waals surface area contributed by atoms with Gasteiger partial charge in [-0.1, -0.05) is 6.42 Å². The highest BCUT2D eigenvalue weighted by Crippen LogP contribution is 2.34. The van der Waals surface area contributed by atoms with Gasteiger partial charge in [-0.05, 0) is 90.9 Å². The molecule has 1 aliphatic rings. The van der Waals surface area contributed by atoms with Crippen molar-refractivity contribution in [2.45, 2.75) is 58.4 Å². The van der Waals surface area contributed by atoms with Crippen molar-refractivity contribution in [1.29, 1.82) is 0 Å². The van der Waals surface area contributed by atoms with Crippen LogP contribution in [0, 0.1) is 25.6 Å². The summed E-state index contributed by atoms with van der Waals surface area (Å²) in [6.45, 7) is 3.94. The molecule has 0 radical (unpaired) electrons. The zero-order valence-corrected chi connectivity index (χ0v) is 28.0. The smallest absolute Gasteiger partial charge is 0.346 e. The lowest BCUT2D eigenvalue weighted by molar-refractivity contribution is -0.142. The van der Waals surface area contributed by atoms with Crippen molar-refractivity contribution in [1.82, 2.24) is 15.6 Å². The van der Waals surface area contributed by atoms with E-state index in [-0.39, 0.29) is 43.3 Å². The van der Waals surface area contributed by atoms with Crippen LogP contribution in [0.15, 0.2) is 35.0 Å². The number of carbonyl (C=O) groups is 3. The van der Waals surface area contributed by atoms with E-state index >= 15 is 0 Å². The number of aromatic amines is 1. The third-order valence-corrected chi connectivity index (χ3v) is 9.35. The van der Waals surface area contributed by atoms with Crippen LogP contribution in [0.4, 0.5) is 10.1 Å². The van der Waals surface area contributed by atoms with Crippen LogP contribution in [0.1, 0.15) is 59.3 Å². The quantitative estimate of drug-likeness (QED) is 0.0363. The van der Waals surface area contributed by atoms with Crippen LogP contribution in [0.5, 0.6) is 0 Å². The van der Waals surface area contributed by atoms with Gasteiger partial charge < -0.3 is 30.6 Å². The number of halogens is 1. The Morgan fingerprint density at radius 2 is 2.02 bits per heavy atom. The van der Waals surface area contributed by atoms with Gasteiger partial charge in [-0.2, -0.15) is 16.0 Å². The monoisotopic (exact) mass is 690 g/mol. The first kappa shape index (κ1) is 36.2. The van der Waals surface area contributed by atoms with Gasteiger partial charge in [0.15, 0.2) is 0 Å². The number of hydrogen-bond donors (Lipinski definition) is 6. The molecule has 0 saturated heterocycles. The molecule has 12 nitrogen and oxygen atoms in total. The van der Waals surface area contributed by atoms with E-state index in [2.05, 4.69) is 25.6 Å². The number of unbranched alkanes of at least 4 members (excludes halogenated alkanes) is 1. The summed E-state index contributed by atoms with van der Waals surface area (Å²) in [5.41, 5.74) is 5.66. The van der Waals surface area contributed by atoms with Crippen molar-refractivity contribution >= 4 is 54.6 Å². The lowest BCUT2D eigenvalue weighted by Gasteiger charge is -2.19. The topological polar surface area (TPSA) is 179 Å². The maximum atomic E-state index is 13.9. The fourth-order valence-electron chi connectivity index (χ4n) is 5.47. The maximum Gasteiger partial charge on any atom is 0.346 e. The predicted molar refractivity (Wildman–Crippen MR) is 178 cm³/mol. The highest BCUT2D eigenvalue weighted by Gasteiger charge is 2.26. The Bertz CT molecular complexity index is 1610. The summed E-state index contributed by atoms with van der Waals surface area (Å²) in [5, 5.41) is 30.2. The van der Waals surface area contributed by atoms with Gasteiger partial charge in [0.1, 0.15) is 11.9 Å². The maximum absolute atomic E-state index is 13.9. The van der Waals surface area contributed by atoms with Crippen LogP contribution in [0.25, 0.3) is 11.6 Å². The van der Waals surface area contributed by atoms with E-state index in [4.69, 9.17) is 9.78 Å². The van der Waals surface area contributed by atoms with E-state index in [1.54, 1.807) is 6.08 Å². The number of carbonyl (C=O) groups excluding carboxylic acids is 3. The lowest BCUT2D eigenvalue weighted by Crippen LogP contribution is -2.48. The molecule has 47 heavy (non-hydrogen) atoms. The van der Waals surface area contributed by atoms with E-state index in [1.807, 2.05) is 30.7 Å². The number of aromatic nitrogens is 1. The van der Waals surface area contributed by atoms with E-state index in [0.717, 1.165) is 22.4 Å². The van der Waals surface area contributed by atoms with Crippen LogP contribution in [0.2, 0.25) is 0 Å². The Morgan fingerprint density at radius 1 is 1.21 bits per heavy atom. The zero-order chi connectivity index (χ0) is 33.9. The van der Waals surface area contributed by atoms with Gasteiger partial charge in [0.25, 0.3) is 5.91 Å². The molecule has 2 aromatic heterocycles. The minimum absolute atomic E-state index is 0.0241. The molecule has 3 atom stereocenters. The summed E-state index contributed by atoms with van der Waals surface area (Å²) < 4.78 is 33.5. The number of aryl methyl sites for hydroxylation is 1. The SMILES string of the molecule is Cc1[nH]c(/C=C2\C(=O)Nc3ccc(F)cc32)c(C)c1CCC(=O)NC(Cc1ccsc1)C(=O)NCCCCC(CO)CO[PH](=O)OO. The second kappa shape index (κ2) is 17.5. The van der Waals surface area contributed by atoms with Gasteiger partial charge in [0.05, 0.1) is 12.2 Å². The second-order valence-electron chi connectivity index (χ2n) is 11.4. The van der Waals surface area contributed by atoms with Crippen molar-refractivity contribution in [2.24, 2.45) is 5.92 Å². The summed E-state index contributed by atoms with van der Waals surface area (Å²) in [4.78, 5) is 42.1. The third-order valence-electron chi connectivity index (χ3n) is 8.07. The minimum Gasteiger partial charge on any atom is -0.396 e. The molecule has 3 aromatic rings. The highest BCUT2D eigenvalue weighted by molar-refractivity contribution is 7.33. The van der Waals surface area contributed by atoms with Crippen molar-refractivity contribution in [2.75, 3.05) is 25.1 Å². The summed E-state index contributed by atoms with van der Waals surface area (Å²) >= 11 is 1.50. The molecule has 0 aliphatic carbocycles. The molecule has 1 aliphatic heterocycles. The lowest BCUT2D eigenvalue weighted by atomic mass is 10.0. The van der Waals surface area contributed by atoms with Crippen molar-refractivity contribution in [3.63, 3.8) is 0 Å². The molecule has 3 unspecified atom stereocenters. The number of benzene rings is 1. The largest absolute Gasteiger partial charge is 0.396 e. The molecule has 254 valence electrons. The zero-order valence-electron chi connectivity index (χ0n) is 26.2. The summed E-state index contributed by atoms with van der Waals surface area (Å²) in [7, 11) is -2.98. The fraction of sp³-hybridized carbons (Fsp3) is 0.406. The summed E-state index contributed by atoms with van der Waals surface area (Å²) in [6.07, 6.45) is 4.39. The molecule has 15 heteroatoms. The highest BCUT2D eigenvalue weighted by atomic mass is 32.1. The average Bonchev–Trinajstić information content (AvgIpc) is 3.74. The fourth-order valence-corrected chi connectivity index (χ4v) is 6.58. The van der Waals surface area contributed by atoms with Gasteiger partial charge >= 0.3 is 8.25 Å². The van der Waals surface area contributed by atoms with E-state index < -0.39 is 20.1 Å². The number of nitrogens with one attached hydrogen (secondary N) is 4. The van der Waals surface area contributed by atoms with Crippen molar-refractivity contribution in [3.05, 3.63) is 74.5 Å². The second-order valence-corrected chi connectivity index (χ2v) is 13.2. The van der Waals surface area contributed by atoms with Gasteiger partial charge in [0.2, 0.25) is 11.8 Å². The first-order chi connectivity index (χ1) is 22.6. The van der Waals surface area contributed by atoms with Gasteiger partial charge in [0, 0.05) is 54.5 Å². The van der Waals surface area contributed by atoms with E-state index in [0.29, 0.717) is 61.2 Å². The first-order valence-corrected chi connectivity index (χ1v) is 17.4. The van der Waals surface area contributed by atoms with Crippen LogP contribution in [0.3, 0.4) is 0 Å². The number of aliphatic hydroxyl groups excluding tert-OH is 1. The van der Waals surface area contributed by atoms with Crippen LogP contribution >= 0.6 is 19.6 Å². The number of H-pyrrole nitrogens is 1. The van der Waals surface area contributed by atoms with Gasteiger partial charge in [-0.25, -0.2) is 9.65 Å². The van der Waals surface area contributed by atoms with E-state index in [1.165, 1.54) is 29.5 Å². The standard InChI is InChI=1S/C32H40FN4O8PS/c1-19-24(20(2)35-28(19)15-26-25-14-23(33)6-8-27(25)37-31(26)40)7-9-30(39)36-29(13-21-10-12-47-18-21)32(41)34-11-4-3-5-22(16-38)17-44-46(43)45-42/h6,8,10,12,14-15,18,22,29,35,38,42,46H,3-5,7,9,11,13,16-17H2,1-2H3,(H,34,41)(H,36,39)(H,37,40)/b26-15-. The number of hydrogen-bond acceptors (Lipinski definition) is 9. The Labute approximate surface area is 276 Å². The van der Waals surface area contributed by atoms with Crippen molar-refractivity contribution < 1.29 is 42.9 Å². The number of anilines is 1. The molecule has 0 spiro atoms. The number of amides is 3. The Kier molecular flexibility index (Phi) is 13.5. The molecule has 6 N–H and O–H groups in total. The average molecular weight is 691 g/mol. The third kappa shape index (κ3) is 10.2. The van der Waals surface area contributed by atoms with Crippen LogP contribution in [-0.4, -0.2) is 58.9 Å². The first-order valence-electron chi connectivity index (χ1n) is 15.3. The van der Waals surface area contributed by atoms with Crippen LogP contribution in [-0.2, 0) is 41.0 Å². The molecular formula is C32H40FN4O8PS. The molecule has 0 bridgehead atoms. The number of aliphatic hydroxyl groups is 1. The summed E-state index contributed by atoms with van der Waals surface area (Å²) in [6, 6.07) is 5.28. The van der Waals surface area contributed by atoms with Crippen LogP contribution < -0.4 is 16.0 Å². The minimum atomic E-state index is -2.98. The molecule has 3 amide bonds. The van der Waals surface area contributed by atoms with Crippen molar-refractivity contribution in [3.8, 4) is 0 Å². The Hall–Kier alpha value is -3.65. The molecule has 4 rings (SSSR count).